The molecule has 0 aromatic carbocycles. The summed E-state index contributed by atoms with van der Waals surface area (Å²) in [6.07, 6.45) is 4.23. The zero-order chi connectivity index (χ0) is 10.7. The van der Waals surface area contributed by atoms with Crippen LogP contribution in [-0.2, 0) is 0 Å². The number of hydrogen-bond acceptors (Lipinski definition) is 3. The Morgan fingerprint density at radius 1 is 1.47 bits per heavy atom. The number of piperidine rings is 1. The molecule has 15 heavy (non-hydrogen) atoms. The fourth-order valence-corrected chi connectivity index (χ4v) is 2.26. The average molecular weight is 208 g/mol. The van der Waals surface area contributed by atoms with Crippen molar-refractivity contribution in [3.63, 3.8) is 0 Å². The smallest absolute Gasteiger partial charge is 0.120 e. The van der Waals surface area contributed by atoms with Gasteiger partial charge in [-0.15, -0.1) is 0 Å². The molecule has 1 atom stereocenters. The SMILES string of the molecule is C[C@@H](c1ccco1)N(C)C1CCNCC1. The molecule has 1 aliphatic rings. The standard InChI is InChI=1S/C12H20N2O/c1-10(12-4-3-9-15-12)14(2)11-5-7-13-8-6-11/h3-4,9-11,13H,5-8H2,1-2H3/t10-/m0/s1. The van der Waals surface area contributed by atoms with Crippen LogP contribution in [0.25, 0.3) is 0 Å². The minimum Gasteiger partial charge on any atom is -0.468 e. The van der Waals surface area contributed by atoms with Crippen molar-refractivity contribution in [1.29, 1.82) is 0 Å². The Bertz CT molecular complexity index is 278. The summed E-state index contributed by atoms with van der Waals surface area (Å²) in [5.41, 5.74) is 0. The lowest BCUT2D eigenvalue weighted by molar-refractivity contribution is 0.138. The Morgan fingerprint density at radius 3 is 2.80 bits per heavy atom. The first-order valence-corrected chi connectivity index (χ1v) is 5.75. The van der Waals surface area contributed by atoms with E-state index >= 15 is 0 Å². The predicted molar refractivity (Wildman–Crippen MR) is 60.8 cm³/mol. The molecule has 1 N–H and O–H groups in total. The Labute approximate surface area is 91.4 Å². The van der Waals surface area contributed by atoms with Crippen molar-refractivity contribution in [2.75, 3.05) is 20.1 Å². The van der Waals surface area contributed by atoms with Gasteiger partial charge in [0.25, 0.3) is 0 Å². The van der Waals surface area contributed by atoms with E-state index in [0.29, 0.717) is 12.1 Å². The quantitative estimate of drug-likeness (QED) is 0.824. The Hall–Kier alpha value is -0.800. The van der Waals surface area contributed by atoms with Crippen molar-refractivity contribution < 1.29 is 4.42 Å². The first kappa shape index (κ1) is 10.7. The van der Waals surface area contributed by atoms with Crippen LogP contribution in [0.3, 0.4) is 0 Å². The summed E-state index contributed by atoms with van der Waals surface area (Å²) in [4.78, 5) is 2.43. The molecule has 1 aromatic rings. The van der Waals surface area contributed by atoms with Crippen LogP contribution in [0.4, 0.5) is 0 Å². The molecule has 0 bridgehead atoms. The molecule has 0 radical (unpaired) electrons. The maximum Gasteiger partial charge on any atom is 0.120 e. The van der Waals surface area contributed by atoms with Gasteiger partial charge in [0.15, 0.2) is 0 Å². The highest BCUT2D eigenvalue weighted by atomic mass is 16.3. The highest BCUT2D eigenvalue weighted by Crippen LogP contribution is 2.24. The van der Waals surface area contributed by atoms with E-state index in [9.17, 15) is 0 Å². The lowest BCUT2D eigenvalue weighted by Crippen LogP contribution is -2.42. The number of nitrogens with zero attached hydrogens (tertiary/aromatic N) is 1. The minimum absolute atomic E-state index is 0.378. The van der Waals surface area contributed by atoms with Crippen LogP contribution in [0.5, 0.6) is 0 Å². The summed E-state index contributed by atoms with van der Waals surface area (Å²) >= 11 is 0. The van der Waals surface area contributed by atoms with E-state index in [1.165, 1.54) is 12.8 Å². The van der Waals surface area contributed by atoms with Gasteiger partial charge in [0, 0.05) is 6.04 Å². The molecule has 2 heterocycles. The summed E-state index contributed by atoms with van der Waals surface area (Å²) in [6.45, 7) is 4.49. The third-order valence-corrected chi connectivity index (χ3v) is 3.45. The van der Waals surface area contributed by atoms with Crippen LogP contribution in [0, 0.1) is 0 Å². The second kappa shape index (κ2) is 4.81. The molecule has 1 saturated heterocycles. The van der Waals surface area contributed by atoms with Gasteiger partial charge < -0.3 is 9.73 Å². The maximum atomic E-state index is 5.45. The van der Waals surface area contributed by atoms with Gasteiger partial charge in [0.2, 0.25) is 0 Å². The summed E-state index contributed by atoms with van der Waals surface area (Å²) in [5, 5.41) is 3.39. The van der Waals surface area contributed by atoms with Gasteiger partial charge in [-0.3, -0.25) is 4.90 Å². The van der Waals surface area contributed by atoms with Crippen LogP contribution >= 0.6 is 0 Å². The largest absolute Gasteiger partial charge is 0.468 e. The average Bonchev–Trinajstić information content (AvgIpc) is 2.82. The van der Waals surface area contributed by atoms with Crippen LogP contribution in [-0.4, -0.2) is 31.1 Å². The highest BCUT2D eigenvalue weighted by Gasteiger charge is 2.23. The molecule has 0 saturated carbocycles. The summed E-state index contributed by atoms with van der Waals surface area (Å²) in [6, 6.07) is 5.08. The number of nitrogens with one attached hydrogen (secondary N) is 1. The summed E-state index contributed by atoms with van der Waals surface area (Å²) in [7, 11) is 2.20. The van der Waals surface area contributed by atoms with E-state index in [2.05, 4.69) is 30.3 Å². The van der Waals surface area contributed by atoms with Crippen LogP contribution in [0.1, 0.15) is 31.6 Å². The fourth-order valence-electron chi connectivity index (χ4n) is 2.26. The van der Waals surface area contributed by atoms with Gasteiger partial charge in [-0.2, -0.15) is 0 Å². The normalized spacial score (nSPS) is 20.7. The topological polar surface area (TPSA) is 28.4 Å². The molecule has 1 aromatic heterocycles. The van der Waals surface area contributed by atoms with Gasteiger partial charge >= 0.3 is 0 Å². The number of furan rings is 1. The molecular weight excluding hydrogens is 188 g/mol. The molecular formula is C12H20N2O. The Kier molecular flexibility index (Phi) is 3.44. The van der Waals surface area contributed by atoms with E-state index in [1.807, 2.05) is 6.07 Å². The predicted octanol–water partition coefficient (Wildman–Crippen LogP) is 2.02. The van der Waals surface area contributed by atoms with Crippen molar-refractivity contribution in [2.45, 2.75) is 31.8 Å². The third kappa shape index (κ3) is 2.41. The summed E-state index contributed by atoms with van der Waals surface area (Å²) in [5.74, 6) is 1.07. The van der Waals surface area contributed by atoms with Crippen LogP contribution < -0.4 is 5.32 Å². The Balaban J connectivity index is 1.97. The maximum absolute atomic E-state index is 5.45. The van der Waals surface area contributed by atoms with Gasteiger partial charge in [0.05, 0.1) is 12.3 Å². The molecule has 0 amide bonds. The monoisotopic (exact) mass is 208 g/mol. The van der Waals surface area contributed by atoms with E-state index in [4.69, 9.17) is 4.42 Å². The van der Waals surface area contributed by atoms with Crippen molar-refractivity contribution in [3.05, 3.63) is 24.2 Å². The first-order chi connectivity index (χ1) is 7.29. The van der Waals surface area contributed by atoms with Crippen LogP contribution in [0.2, 0.25) is 0 Å². The molecule has 3 heteroatoms. The molecule has 0 unspecified atom stereocenters. The van der Waals surface area contributed by atoms with Crippen molar-refractivity contribution in [1.82, 2.24) is 10.2 Å². The van der Waals surface area contributed by atoms with Gasteiger partial charge in [-0.1, -0.05) is 0 Å². The van der Waals surface area contributed by atoms with Gasteiger partial charge in [-0.05, 0) is 52.0 Å². The number of hydrogen-bond donors (Lipinski definition) is 1. The van der Waals surface area contributed by atoms with E-state index in [1.54, 1.807) is 6.26 Å². The third-order valence-electron chi connectivity index (χ3n) is 3.45. The molecule has 3 nitrogen and oxygen atoms in total. The fraction of sp³-hybridized carbons (Fsp3) is 0.667. The number of rotatable bonds is 3. The van der Waals surface area contributed by atoms with Gasteiger partial charge in [0.1, 0.15) is 5.76 Å². The highest BCUT2D eigenvalue weighted by molar-refractivity contribution is 5.04. The molecule has 2 rings (SSSR count). The molecule has 84 valence electrons. The lowest BCUT2D eigenvalue weighted by Gasteiger charge is -2.34. The van der Waals surface area contributed by atoms with E-state index < -0.39 is 0 Å². The van der Waals surface area contributed by atoms with Crippen molar-refractivity contribution >= 4 is 0 Å². The minimum atomic E-state index is 0.378. The van der Waals surface area contributed by atoms with E-state index in [0.717, 1.165) is 18.8 Å². The molecule has 1 fully saturated rings. The zero-order valence-corrected chi connectivity index (χ0v) is 9.57. The molecule has 1 aliphatic heterocycles. The van der Waals surface area contributed by atoms with Crippen molar-refractivity contribution in [2.24, 2.45) is 0 Å². The summed E-state index contributed by atoms with van der Waals surface area (Å²) < 4.78 is 5.45. The molecule has 0 aliphatic carbocycles. The second-order valence-corrected chi connectivity index (χ2v) is 4.34. The Morgan fingerprint density at radius 2 is 2.20 bits per heavy atom. The second-order valence-electron chi connectivity index (χ2n) is 4.34. The zero-order valence-electron chi connectivity index (χ0n) is 9.57. The lowest BCUT2D eigenvalue weighted by atomic mass is 10.0. The van der Waals surface area contributed by atoms with E-state index in [-0.39, 0.29) is 0 Å². The molecule has 0 spiro atoms. The van der Waals surface area contributed by atoms with Crippen LogP contribution in [0.15, 0.2) is 22.8 Å². The van der Waals surface area contributed by atoms with Gasteiger partial charge in [-0.25, -0.2) is 0 Å². The first-order valence-electron chi connectivity index (χ1n) is 5.75. The van der Waals surface area contributed by atoms with Crippen molar-refractivity contribution in [3.8, 4) is 0 Å².